The zero-order valence-corrected chi connectivity index (χ0v) is 13.6. The molecule has 2 heterocycles. The Morgan fingerprint density at radius 1 is 1.39 bits per heavy atom. The van der Waals surface area contributed by atoms with E-state index in [0.29, 0.717) is 0 Å². The highest BCUT2D eigenvalue weighted by Crippen LogP contribution is 2.37. The molecule has 0 amide bonds. The summed E-state index contributed by atoms with van der Waals surface area (Å²) in [5, 5.41) is 3.35. The maximum absolute atomic E-state index is 13.3. The molecule has 1 atom stereocenters. The van der Waals surface area contributed by atoms with Crippen LogP contribution in [0.3, 0.4) is 0 Å². The third-order valence-electron chi connectivity index (χ3n) is 2.46. The average molecular weight is 394 g/mol. The summed E-state index contributed by atoms with van der Waals surface area (Å²) < 4.78 is 15.4. The van der Waals surface area contributed by atoms with Gasteiger partial charge in [-0.2, -0.15) is 0 Å². The Balaban J connectivity index is 2.42. The van der Waals surface area contributed by atoms with Crippen molar-refractivity contribution < 1.29 is 4.39 Å². The molecule has 1 N–H and O–H groups in total. The van der Waals surface area contributed by atoms with E-state index in [1.54, 1.807) is 17.5 Å². The van der Waals surface area contributed by atoms with Crippen LogP contribution in [-0.4, -0.2) is 11.5 Å². The van der Waals surface area contributed by atoms with E-state index in [1.807, 2.05) is 13.0 Å². The fourth-order valence-electron chi connectivity index (χ4n) is 1.75. The van der Waals surface area contributed by atoms with Crippen molar-refractivity contribution in [2.75, 3.05) is 6.54 Å². The van der Waals surface area contributed by atoms with E-state index < -0.39 is 0 Å². The molecule has 0 bridgehead atoms. The van der Waals surface area contributed by atoms with Gasteiger partial charge in [0.05, 0.1) is 19.8 Å². The molecule has 0 aliphatic heterocycles. The molecule has 0 aliphatic rings. The van der Waals surface area contributed by atoms with Gasteiger partial charge in [-0.15, -0.1) is 11.3 Å². The number of hydrogen-bond acceptors (Lipinski definition) is 3. The Morgan fingerprint density at radius 2 is 2.17 bits per heavy atom. The fourth-order valence-corrected chi connectivity index (χ4v) is 4.65. The van der Waals surface area contributed by atoms with Crippen LogP contribution < -0.4 is 5.32 Å². The lowest BCUT2D eigenvalue weighted by Crippen LogP contribution is -2.22. The minimum atomic E-state index is -0.319. The van der Waals surface area contributed by atoms with Gasteiger partial charge in [0.15, 0.2) is 0 Å². The van der Waals surface area contributed by atoms with Gasteiger partial charge >= 0.3 is 0 Å². The quantitative estimate of drug-likeness (QED) is 0.826. The molecular formula is C12H11Br2FN2S. The summed E-state index contributed by atoms with van der Waals surface area (Å²) in [5.74, 6) is -0.319. The van der Waals surface area contributed by atoms with E-state index >= 15 is 0 Å². The van der Waals surface area contributed by atoms with Crippen molar-refractivity contribution in [3.8, 4) is 0 Å². The second kappa shape index (κ2) is 6.23. The van der Waals surface area contributed by atoms with Gasteiger partial charge in [-0.1, -0.05) is 6.92 Å². The fraction of sp³-hybridized carbons (Fsp3) is 0.250. The molecule has 6 heteroatoms. The van der Waals surface area contributed by atoms with Gasteiger partial charge in [-0.05, 0) is 61.7 Å². The molecule has 0 fully saturated rings. The number of nitrogens with zero attached hydrogens (tertiary/aromatic N) is 1. The molecule has 0 aliphatic carbocycles. The van der Waals surface area contributed by atoms with Gasteiger partial charge in [-0.3, -0.25) is 4.98 Å². The summed E-state index contributed by atoms with van der Waals surface area (Å²) in [6, 6.07) is 3.49. The van der Waals surface area contributed by atoms with E-state index in [2.05, 4.69) is 42.2 Å². The lowest BCUT2D eigenvalue weighted by atomic mass is 10.0. The summed E-state index contributed by atoms with van der Waals surface area (Å²) >= 11 is 8.60. The molecule has 2 aromatic rings. The molecule has 18 heavy (non-hydrogen) atoms. The van der Waals surface area contributed by atoms with Crippen LogP contribution in [0.1, 0.15) is 24.1 Å². The number of thiophene rings is 1. The van der Waals surface area contributed by atoms with Crippen molar-refractivity contribution in [2.45, 2.75) is 13.0 Å². The van der Waals surface area contributed by atoms with Gasteiger partial charge < -0.3 is 5.32 Å². The zero-order chi connectivity index (χ0) is 13.1. The number of halogens is 3. The molecule has 2 aromatic heterocycles. The highest BCUT2D eigenvalue weighted by molar-refractivity contribution is 9.12. The highest BCUT2D eigenvalue weighted by Gasteiger charge is 2.19. The monoisotopic (exact) mass is 392 g/mol. The van der Waals surface area contributed by atoms with Gasteiger partial charge in [0, 0.05) is 6.20 Å². The largest absolute Gasteiger partial charge is 0.306 e. The lowest BCUT2D eigenvalue weighted by Gasteiger charge is -2.17. The first-order chi connectivity index (χ1) is 8.61. The van der Waals surface area contributed by atoms with Crippen LogP contribution >= 0.6 is 43.2 Å². The van der Waals surface area contributed by atoms with E-state index in [-0.39, 0.29) is 11.9 Å². The van der Waals surface area contributed by atoms with Gasteiger partial charge in [-0.25, -0.2) is 4.39 Å². The summed E-state index contributed by atoms with van der Waals surface area (Å²) in [7, 11) is 0. The topological polar surface area (TPSA) is 24.9 Å². The minimum Gasteiger partial charge on any atom is -0.306 e. The van der Waals surface area contributed by atoms with Crippen molar-refractivity contribution in [2.24, 2.45) is 0 Å². The summed E-state index contributed by atoms with van der Waals surface area (Å²) in [5.41, 5.74) is 1.91. The van der Waals surface area contributed by atoms with Crippen molar-refractivity contribution >= 4 is 43.2 Å². The normalized spacial score (nSPS) is 12.7. The van der Waals surface area contributed by atoms with E-state index in [9.17, 15) is 4.39 Å². The van der Waals surface area contributed by atoms with E-state index in [4.69, 9.17) is 0 Å². The molecule has 96 valence electrons. The molecular weight excluding hydrogens is 383 g/mol. The first-order valence-electron chi connectivity index (χ1n) is 5.40. The summed E-state index contributed by atoms with van der Waals surface area (Å²) in [6.07, 6.45) is 2.90. The van der Waals surface area contributed by atoms with Gasteiger partial charge in [0.1, 0.15) is 5.82 Å². The molecule has 0 saturated carbocycles. The van der Waals surface area contributed by atoms with Crippen LogP contribution in [0, 0.1) is 5.82 Å². The SMILES string of the molecule is CCNC(c1cncc(F)c1)c1cc(Br)sc1Br. The highest BCUT2D eigenvalue weighted by atomic mass is 79.9. The zero-order valence-electron chi connectivity index (χ0n) is 9.58. The number of nitrogens with one attached hydrogen (secondary N) is 1. The standard InChI is InChI=1S/C12H11Br2FN2S/c1-2-17-11(7-3-8(15)6-16-5-7)9-4-10(13)18-12(9)14/h3-6,11,17H,2H2,1H3. The van der Waals surface area contributed by atoms with Crippen LogP contribution in [0.25, 0.3) is 0 Å². The van der Waals surface area contributed by atoms with Crippen LogP contribution in [0.4, 0.5) is 4.39 Å². The summed E-state index contributed by atoms with van der Waals surface area (Å²) in [6.45, 7) is 2.82. The summed E-state index contributed by atoms with van der Waals surface area (Å²) in [4.78, 5) is 3.91. The molecule has 0 radical (unpaired) electrons. The average Bonchev–Trinajstić information content (AvgIpc) is 2.65. The number of rotatable bonds is 4. The Kier molecular flexibility index (Phi) is 4.89. The molecule has 2 nitrogen and oxygen atoms in total. The second-order valence-electron chi connectivity index (χ2n) is 3.71. The van der Waals surface area contributed by atoms with Crippen LogP contribution in [0.15, 0.2) is 32.1 Å². The lowest BCUT2D eigenvalue weighted by molar-refractivity contribution is 0.596. The minimum absolute atomic E-state index is 0.0601. The maximum Gasteiger partial charge on any atom is 0.141 e. The smallest absolute Gasteiger partial charge is 0.141 e. The Morgan fingerprint density at radius 3 is 2.72 bits per heavy atom. The van der Waals surface area contributed by atoms with Crippen molar-refractivity contribution in [1.29, 1.82) is 0 Å². The Hall–Kier alpha value is -0.300. The van der Waals surface area contributed by atoms with E-state index in [1.165, 1.54) is 12.3 Å². The maximum atomic E-state index is 13.3. The predicted octanol–water partition coefficient (Wildman–Crippen LogP) is 4.51. The van der Waals surface area contributed by atoms with Crippen LogP contribution in [-0.2, 0) is 0 Å². The molecule has 2 rings (SSSR count). The predicted molar refractivity (Wildman–Crippen MR) is 79.4 cm³/mol. The molecule has 1 unspecified atom stereocenters. The number of pyridine rings is 1. The Bertz CT molecular complexity index is 545. The van der Waals surface area contributed by atoms with E-state index in [0.717, 1.165) is 25.2 Å². The first kappa shape index (κ1) is 14.1. The number of aromatic nitrogens is 1. The number of hydrogen-bond donors (Lipinski definition) is 1. The van der Waals surface area contributed by atoms with Gasteiger partial charge in [0.2, 0.25) is 0 Å². The molecule has 0 saturated heterocycles. The second-order valence-corrected chi connectivity index (χ2v) is 7.46. The third-order valence-corrected chi connectivity index (χ3v) is 4.85. The van der Waals surface area contributed by atoms with Crippen molar-refractivity contribution in [1.82, 2.24) is 10.3 Å². The molecule has 0 aromatic carbocycles. The molecule has 0 spiro atoms. The van der Waals surface area contributed by atoms with Crippen molar-refractivity contribution in [3.63, 3.8) is 0 Å². The van der Waals surface area contributed by atoms with Crippen LogP contribution in [0.5, 0.6) is 0 Å². The van der Waals surface area contributed by atoms with Crippen LogP contribution in [0.2, 0.25) is 0 Å². The Labute approximate surface area is 126 Å². The van der Waals surface area contributed by atoms with Crippen molar-refractivity contribution in [3.05, 3.63) is 49.0 Å². The third kappa shape index (κ3) is 3.17. The first-order valence-corrected chi connectivity index (χ1v) is 7.80. The van der Waals surface area contributed by atoms with Gasteiger partial charge in [0.25, 0.3) is 0 Å².